The molecule has 0 aliphatic heterocycles. The predicted octanol–water partition coefficient (Wildman–Crippen LogP) is 1.55. The van der Waals surface area contributed by atoms with Crippen molar-refractivity contribution in [1.29, 1.82) is 0 Å². The molecule has 0 spiro atoms. The Hall–Kier alpha value is -1.08. The van der Waals surface area contributed by atoms with E-state index in [1.165, 1.54) is 4.68 Å². The van der Waals surface area contributed by atoms with Gasteiger partial charge in [-0.05, 0) is 12.8 Å². The zero-order valence-electron chi connectivity index (χ0n) is 10.5. The maximum Gasteiger partial charge on any atom is 0.340 e. The second kappa shape index (κ2) is 5.13. The average Bonchev–Trinajstić information content (AvgIpc) is 3.11. The standard InChI is InChI=1S/C11H15ClN2O4S/c1-2-19(17,18)6-5-14-10(12)8(11(15)16)9(13-14)7-3-4-7/h7H,2-6H2,1H3,(H,15,16). The van der Waals surface area contributed by atoms with Gasteiger partial charge in [-0.25, -0.2) is 13.2 Å². The lowest BCUT2D eigenvalue weighted by molar-refractivity contribution is 0.0695. The summed E-state index contributed by atoms with van der Waals surface area (Å²) in [6.07, 6.45) is 1.81. The maximum absolute atomic E-state index is 11.5. The zero-order valence-corrected chi connectivity index (χ0v) is 12.0. The van der Waals surface area contributed by atoms with Gasteiger partial charge in [0.15, 0.2) is 9.84 Å². The molecular formula is C11H15ClN2O4S. The molecule has 2 rings (SSSR count). The van der Waals surface area contributed by atoms with Crippen molar-refractivity contribution in [2.45, 2.75) is 32.2 Å². The first-order valence-electron chi connectivity index (χ1n) is 6.05. The summed E-state index contributed by atoms with van der Waals surface area (Å²) < 4.78 is 24.2. The minimum atomic E-state index is -3.13. The molecule has 0 saturated heterocycles. The van der Waals surface area contributed by atoms with Crippen molar-refractivity contribution in [3.05, 3.63) is 16.4 Å². The van der Waals surface area contributed by atoms with E-state index in [1.54, 1.807) is 6.92 Å². The molecule has 1 N–H and O–H groups in total. The molecule has 6 nitrogen and oxygen atoms in total. The third-order valence-corrected chi connectivity index (χ3v) is 5.22. The van der Waals surface area contributed by atoms with E-state index in [2.05, 4.69) is 5.10 Å². The van der Waals surface area contributed by atoms with E-state index in [4.69, 9.17) is 16.7 Å². The molecule has 0 bridgehead atoms. The summed E-state index contributed by atoms with van der Waals surface area (Å²) in [6, 6.07) is 0. The first-order valence-corrected chi connectivity index (χ1v) is 8.25. The van der Waals surface area contributed by atoms with Crippen molar-refractivity contribution in [2.24, 2.45) is 0 Å². The molecule has 1 saturated carbocycles. The summed E-state index contributed by atoms with van der Waals surface area (Å²) in [7, 11) is -3.13. The Morgan fingerprint density at radius 1 is 1.53 bits per heavy atom. The van der Waals surface area contributed by atoms with E-state index in [9.17, 15) is 13.2 Å². The molecule has 1 aromatic rings. The molecule has 1 fully saturated rings. The van der Waals surface area contributed by atoms with Crippen molar-refractivity contribution in [1.82, 2.24) is 9.78 Å². The van der Waals surface area contributed by atoms with E-state index in [0.29, 0.717) is 5.69 Å². The summed E-state index contributed by atoms with van der Waals surface area (Å²) in [5, 5.41) is 13.3. The molecule has 1 heterocycles. The summed E-state index contributed by atoms with van der Waals surface area (Å²) in [6.45, 7) is 1.65. The molecule has 0 atom stereocenters. The number of aromatic nitrogens is 2. The molecule has 0 unspecified atom stereocenters. The second-order valence-electron chi connectivity index (χ2n) is 4.59. The van der Waals surface area contributed by atoms with E-state index in [-0.39, 0.29) is 34.7 Å². The third-order valence-electron chi connectivity index (χ3n) is 3.15. The minimum absolute atomic E-state index is 0.0121. The highest BCUT2D eigenvalue weighted by Crippen LogP contribution is 2.42. The number of carboxylic acids is 1. The van der Waals surface area contributed by atoms with Gasteiger partial charge in [0.2, 0.25) is 0 Å². The average molecular weight is 307 g/mol. The van der Waals surface area contributed by atoms with Crippen molar-refractivity contribution >= 4 is 27.4 Å². The summed E-state index contributed by atoms with van der Waals surface area (Å²) in [5.41, 5.74) is 0.490. The Morgan fingerprint density at radius 2 is 2.16 bits per heavy atom. The van der Waals surface area contributed by atoms with E-state index in [0.717, 1.165) is 12.8 Å². The Morgan fingerprint density at radius 3 is 2.63 bits per heavy atom. The molecule has 19 heavy (non-hydrogen) atoms. The third kappa shape index (κ3) is 3.09. The Bertz CT molecular complexity index is 604. The van der Waals surface area contributed by atoms with Crippen LogP contribution >= 0.6 is 11.6 Å². The van der Waals surface area contributed by atoms with Gasteiger partial charge >= 0.3 is 5.97 Å². The number of aromatic carboxylic acids is 1. The molecule has 8 heteroatoms. The van der Waals surface area contributed by atoms with Crippen molar-refractivity contribution in [3.8, 4) is 0 Å². The van der Waals surface area contributed by atoms with E-state index in [1.807, 2.05) is 0 Å². The Balaban J connectivity index is 2.27. The number of aryl methyl sites for hydroxylation is 1. The fraction of sp³-hybridized carbons (Fsp3) is 0.636. The van der Waals surface area contributed by atoms with Crippen LogP contribution < -0.4 is 0 Å². The van der Waals surface area contributed by atoms with Crippen LogP contribution in [0.3, 0.4) is 0 Å². The number of hydrogen-bond acceptors (Lipinski definition) is 4. The van der Waals surface area contributed by atoms with Crippen molar-refractivity contribution in [2.75, 3.05) is 11.5 Å². The number of carboxylic acid groups (broad SMARTS) is 1. The number of nitrogens with zero attached hydrogens (tertiary/aromatic N) is 2. The van der Waals surface area contributed by atoms with Gasteiger partial charge in [-0.2, -0.15) is 5.10 Å². The normalized spacial score (nSPS) is 15.7. The first-order chi connectivity index (χ1) is 8.85. The lowest BCUT2D eigenvalue weighted by atomic mass is 10.2. The summed E-state index contributed by atoms with van der Waals surface area (Å²) in [5.74, 6) is -1.01. The lowest BCUT2D eigenvalue weighted by Crippen LogP contribution is -2.15. The van der Waals surface area contributed by atoms with Gasteiger partial charge < -0.3 is 5.11 Å². The van der Waals surface area contributed by atoms with E-state index < -0.39 is 15.8 Å². The Labute approximate surface area is 116 Å². The second-order valence-corrected chi connectivity index (χ2v) is 7.42. The van der Waals surface area contributed by atoms with Crippen LogP contribution in [0, 0.1) is 0 Å². The summed E-state index contributed by atoms with van der Waals surface area (Å²) in [4.78, 5) is 11.2. The van der Waals surface area contributed by atoms with Crippen LogP contribution in [0.1, 0.15) is 41.7 Å². The number of sulfone groups is 1. The maximum atomic E-state index is 11.5. The quantitative estimate of drug-likeness (QED) is 0.861. The van der Waals surface area contributed by atoms with Crippen LogP contribution in [0.2, 0.25) is 5.15 Å². The minimum Gasteiger partial charge on any atom is -0.478 e. The van der Waals surface area contributed by atoms with Crippen molar-refractivity contribution < 1.29 is 18.3 Å². The van der Waals surface area contributed by atoms with Gasteiger partial charge in [-0.15, -0.1) is 0 Å². The molecule has 0 amide bonds. The molecule has 1 aliphatic rings. The van der Waals surface area contributed by atoms with Crippen LogP contribution in [0.5, 0.6) is 0 Å². The Kier molecular flexibility index (Phi) is 3.87. The lowest BCUT2D eigenvalue weighted by Gasteiger charge is -2.03. The van der Waals surface area contributed by atoms with Crippen LogP contribution in [-0.4, -0.2) is 40.8 Å². The smallest absolute Gasteiger partial charge is 0.340 e. The molecule has 0 aromatic carbocycles. The van der Waals surface area contributed by atoms with Gasteiger partial charge in [-0.3, -0.25) is 4.68 Å². The predicted molar refractivity (Wildman–Crippen MR) is 70.5 cm³/mol. The van der Waals surface area contributed by atoms with Crippen LogP contribution in [-0.2, 0) is 16.4 Å². The number of rotatable bonds is 6. The topological polar surface area (TPSA) is 89.3 Å². The first kappa shape index (κ1) is 14.3. The highest BCUT2D eigenvalue weighted by Gasteiger charge is 2.34. The van der Waals surface area contributed by atoms with Gasteiger partial charge in [0, 0.05) is 11.7 Å². The van der Waals surface area contributed by atoms with Gasteiger partial charge in [0.25, 0.3) is 0 Å². The monoisotopic (exact) mass is 306 g/mol. The summed E-state index contributed by atoms with van der Waals surface area (Å²) >= 11 is 5.99. The van der Waals surface area contributed by atoms with E-state index >= 15 is 0 Å². The van der Waals surface area contributed by atoms with Crippen LogP contribution in [0.25, 0.3) is 0 Å². The van der Waals surface area contributed by atoms with Crippen molar-refractivity contribution in [3.63, 3.8) is 0 Å². The molecule has 0 radical (unpaired) electrons. The van der Waals surface area contributed by atoms with Crippen LogP contribution in [0.4, 0.5) is 0 Å². The fourth-order valence-corrected chi connectivity index (χ4v) is 2.86. The molecule has 1 aliphatic carbocycles. The number of carbonyl (C=O) groups is 1. The van der Waals surface area contributed by atoms with Gasteiger partial charge in [0.05, 0.1) is 18.0 Å². The zero-order chi connectivity index (χ0) is 14.2. The largest absolute Gasteiger partial charge is 0.478 e. The highest BCUT2D eigenvalue weighted by atomic mass is 35.5. The van der Waals surface area contributed by atoms with Gasteiger partial charge in [0.1, 0.15) is 10.7 Å². The molecule has 106 valence electrons. The number of halogens is 1. The molecular weight excluding hydrogens is 292 g/mol. The molecule has 1 aromatic heterocycles. The SMILES string of the molecule is CCS(=O)(=O)CCn1nc(C2CC2)c(C(=O)O)c1Cl. The van der Waals surface area contributed by atoms with Crippen LogP contribution in [0.15, 0.2) is 0 Å². The fourth-order valence-electron chi connectivity index (χ4n) is 1.82. The van der Waals surface area contributed by atoms with Gasteiger partial charge in [-0.1, -0.05) is 18.5 Å². The number of hydrogen-bond donors (Lipinski definition) is 1. The highest BCUT2D eigenvalue weighted by molar-refractivity contribution is 7.91.